The molecule has 1 aromatic rings. The zero-order chi connectivity index (χ0) is 15.5. The van der Waals surface area contributed by atoms with Crippen molar-refractivity contribution in [1.29, 1.82) is 0 Å². The van der Waals surface area contributed by atoms with Gasteiger partial charge in [0.25, 0.3) is 0 Å². The topological polar surface area (TPSA) is 52.6 Å². The Morgan fingerprint density at radius 1 is 1.25 bits per heavy atom. The Labute approximate surface area is 121 Å². The van der Waals surface area contributed by atoms with Gasteiger partial charge in [-0.2, -0.15) is 0 Å². The van der Waals surface area contributed by atoms with Crippen LogP contribution in [0, 0.1) is 20.8 Å². The Bertz CT molecular complexity index is 474. The van der Waals surface area contributed by atoms with Crippen molar-refractivity contribution in [3.8, 4) is 0 Å². The van der Waals surface area contributed by atoms with E-state index in [-0.39, 0.29) is 0 Å². The fourth-order valence-corrected chi connectivity index (χ4v) is 2.77. The fourth-order valence-electron chi connectivity index (χ4n) is 2.77. The molecule has 0 saturated carbocycles. The zero-order valence-corrected chi connectivity index (χ0v) is 13.4. The predicted molar refractivity (Wildman–Crippen MR) is 82.2 cm³/mol. The standard InChI is InChI=1S/C16H26N2O2/c1-11-9-12(2)14(13(3)10-11)16(4,15(19)20)17-7-8-18(5)6/h9-10,17H,7-8H2,1-6H3,(H,19,20). The number of benzene rings is 1. The van der Waals surface area contributed by atoms with Gasteiger partial charge in [0.1, 0.15) is 5.54 Å². The monoisotopic (exact) mass is 278 g/mol. The van der Waals surface area contributed by atoms with Crippen LogP contribution in [0.25, 0.3) is 0 Å². The van der Waals surface area contributed by atoms with E-state index in [0.717, 1.165) is 28.8 Å². The first-order valence-electron chi connectivity index (χ1n) is 6.90. The summed E-state index contributed by atoms with van der Waals surface area (Å²) in [4.78, 5) is 13.8. The molecule has 0 bridgehead atoms. The highest BCUT2D eigenvalue weighted by atomic mass is 16.4. The number of nitrogens with zero attached hydrogens (tertiary/aromatic N) is 1. The largest absolute Gasteiger partial charge is 0.480 e. The summed E-state index contributed by atoms with van der Waals surface area (Å²) >= 11 is 0. The van der Waals surface area contributed by atoms with Crippen molar-refractivity contribution < 1.29 is 9.90 Å². The molecule has 1 aromatic carbocycles. The second kappa shape index (κ2) is 6.37. The molecule has 0 saturated heterocycles. The van der Waals surface area contributed by atoms with Crippen molar-refractivity contribution >= 4 is 5.97 Å². The number of carbonyl (C=O) groups is 1. The third-order valence-corrected chi connectivity index (χ3v) is 3.64. The minimum absolute atomic E-state index is 0.628. The van der Waals surface area contributed by atoms with Gasteiger partial charge in [0, 0.05) is 13.1 Å². The lowest BCUT2D eigenvalue weighted by Gasteiger charge is -2.31. The Morgan fingerprint density at radius 2 is 1.75 bits per heavy atom. The normalized spacial score (nSPS) is 14.3. The highest BCUT2D eigenvalue weighted by Crippen LogP contribution is 2.29. The van der Waals surface area contributed by atoms with Gasteiger partial charge in [0.15, 0.2) is 0 Å². The molecule has 0 aliphatic rings. The van der Waals surface area contributed by atoms with Crippen molar-refractivity contribution in [2.75, 3.05) is 27.2 Å². The predicted octanol–water partition coefficient (Wildman–Crippen LogP) is 2.06. The van der Waals surface area contributed by atoms with Crippen LogP contribution in [0.5, 0.6) is 0 Å². The molecular weight excluding hydrogens is 252 g/mol. The fraction of sp³-hybridized carbons (Fsp3) is 0.562. The Kier molecular flexibility index (Phi) is 5.31. The third-order valence-electron chi connectivity index (χ3n) is 3.64. The molecule has 0 heterocycles. The van der Waals surface area contributed by atoms with E-state index in [1.807, 2.05) is 51.9 Å². The van der Waals surface area contributed by atoms with E-state index in [9.17, 15) is 9.90 Å². The molecule has 0 aromatic heterocycles. The minimum Gasteiger partial charge on any atom is -0.480 e. The van der Waals surface area contributed by atoms with Crippen molar-refractivity contribution in [3.05, 3.63) is 34.4 Å². The van der Waals surface area contributed by atoms with E-state index in [2.05, 4.69) is 5.32 Å². The van der Waals surface area contributed by atoms with Gasteiger partial charge in [0.05, 0.1) is 0 Å². The molecule has 0 radical (unpaired) electrons. The molecular formula is C16H26N2O2. The molecule has 1 rings (SSSR count). The van der Waals surface area contributed by atoms with Crippen LogP contribution < -0.4 is 5.32 Å². The number of rotatable bonds is 6. The summed E-state index contributed by atoms with van der Waals surface area (Å²) in [5.41, 5.74) is 3.01. The lowest BCUT2D eigenvalue weighted by atomic mass is 9.84. The quantitative estimate of drug-likeness (QED) is 0.836. The van der Waals surface area contributed by atoms with E-state index in [4.69, 9.17) is 0 Å². The Morgan fingerprint density at radius 3 is 2.15 bits per heavy atom. The van der Waals surface area contributed by atoms with Crippen molar-refractivity contribution in [2.45, 2.75) is 33.2 Å². The highest BCUT2D eigenvalue weighted by molar-refractivity contribution is 5.81. The van der Waals surface area contributed by atoms with Crippen LogP contribution in [0.2, 0.25) is 0 Å². The molecule has 4 nitrogen and oxygen atoms in total. The molecule has 1 atom stereocenters. The van der Waals surface area contributed by atoms with Gasteiger partial charge < -0.3 is 10.0 Å². The first kappa shape index (κ1) is 16.7. The maximum atomic E-state index is 11.8. The molecule has 0 amide bonds. The van der Waals surface area contributed by atoms with Gasteiger partial charge in [-0.25, -0.2) is 4.79 Å². The van der Waals surface area contributed by atoms with E-state index < -0.39 is 11.5 Å². The average molecular weight is 278 g/mol. The van der Waals surface area contributed by atoms with Gasteiger partial charge in [-0.3, -0.25) is 5.32 Å². The molecule has 4 heteroatoms. The first-order chi connectivity index (χ1) is 9.18. The van der Waals surface area contributed by atoms with E-state index in [1.54, 1.807) is 6.92 Å². The van der Waals surface area contributed by atoms with Crippen LogP contribution in [-0.4, -0.2) is 43.2 Å². The second-order valence-electron chi connectivity index (χ2n) is 5.93. The smallest absolute Gasteiger partial charge is 0.328 e. The van der Waals surface area contributed by atoms with Gasteiger partial charge in [0.2, 0.25) is 0 Å². The molecule has 0 aliphatic carbocycles. The summed E-state index contributed by atoms with van der Waals surface area (Å²) in [6.45, 7) is 9.15. The number of nitrogens with one attached hydrogen (secondary N) is 1. The zero-order valence-electron chi connectivity index (χ0n) is 13.4. The highest BCUT2D eigenvalue weighted by Gasteiger charge is 2.37. The van der Waals surface area contributed by atoms with Crippen LogP contribution >= 0.6 is 0 Å². The summed E-state index contributed by atoms with van der Waals surface area (Å²) in [6, 6.07) is 4.08. The molecule has 0 fully saturated rings. The first-order valence-corrected chi connectivity index (χ1v) is 6.90. The van der Waals surface area contributed by atoms with Crippen LogP contribution in [0.3, 0.4) is 0 Å². The maximum absolute atomic E-state index is 11.8. The van der Waals surface area contributed by atoms with Crippen molar-refractivity contribution in [1.82, 2.24) is 10.2 Å². The lowest BCUT2D eigenvalue weighted by Crippen LogP contribution is -2.49. The van der Waals surface area contributed by atoms with Crippen molar-refractivity contribution in [2.24, 2.45) is 0 Å². The third kappa shape index (κ3) is 3.58. The Hall–Kier alpha value is -1.39. The van der Waals surface area contributed by atoms with Crippen LogP contribution in [0.15, 0.2) is 12.1 Å². The maximum Gasteiger partial charge on any atom is 0.328 e. The second-order valence-corrected chi connectivity index (χ2v) is 5.93. The molecule has 0 spiro atoms. The molecule has 2 N–H and O–H groups in total. The molecule has 0 aliphatic heterocycles. The summed E-state index contributed by atoms with van der Waals surface area (Å²) in [6.07, 6.45) is 0. The number of hydrogen-bond donors (Lipinski definition) is 2. The van der Waals surface area contributed by atoms with Crippen LogP contribution in [0.4, 0.5) is 0 Å². The summed E-state index contributed by atoms with van der Waals surface area (Å²) in [5, 5.41) is 12.9. The number of aryl methyl sites for hydroxylation is 3. The number of hydrogen-bond acceptors (Lipinski definition) is 3. The van der Waals surface area contributed by atoms with E-state index >= 15 is 0 Å². The van der Waals surface area contributed by atoms with E-state index in [1.165, 1.54) is 0 Å². The number of likely N-dealkylation sites (N-methyl/N-ethyl adjacent to an activating group) is 1. The van der Waals surface area contributed by atoms with Crippen LogP contribution in [0.1, 0.15) is 29.2 Å². The van der Waals surface area contributed by atoms with Gasteiger partial charge in [-0.1, -0.05) is 17.7 Å². The summed E-state index contributed by atoms with van der Waals surface area (Å²) in [5.74, 6) is -0.841. The summed E-state index contributed by atoms with van der Waals surface area (Å²) in [7, 11) is 3.95. The van der Waals surface area contributed by atoms with Crippen LogP contribution in [-0.2, 0) is 10.3 Å². The summed E-state index contributed by atoms with van der Waals surface area (Å²) < 4.78 is 0. The SMILES string of the molecule is Cc1cc(C)c(C(C)(NCCN(C)C)C(=O)O)c(C)c1. The van der Waals surface area contributed by atoms with Gasteiger partial charge in [-0.05, 0) is 58.5 Å². The molecule has 1 unspecified atom stereocenters. The van der Waals surface area contributed by atoms with Gasteiger partial charge >= 0.3 is 5.97 Å². The van der Waals surface area contributed by atoms with Gasteiger partial charge in [-0.15, -0.1) is 0 Å². The number of carboxylic acid groups (broad SMARTS) is 1. The Balaban J connectivity index is 3.16. The lowest BCUT2D eigenvalue weighted by molar-refractivity contribution is -0.144. The molecule has 20 heavy (non-hydrogen) atoms. The average Bonchev–Trinajstić information content (AvgIpc) is 2.26. The van der Waals surface area contributed by atoms with Crippen molar-refractivity contribution in [3.63, 3.8) is 0 Å². The molecule has 112 valence electrons. The number of aliphatic carboxylic acids is 1. The minimum atomic E-state index is -1.06. The van der Waals surface area contributed by atoms with E-state index in [0.29, 0.717) is 6.54 Å². The number of carboxylic acids is 1.